The molecule has 5 nitrogen and oxygen atoms in total. The lowest BCUT2D eigenvalue weighted by Gasteiger charge is -2.11. The molecule has 0 radical (unpaired) electrons. The molecule has 0 aliphatic rings. The molecule has 16 heavy (non-hydrogen) atoms. The van der Waals surface area contributed by atoms with E-state index in [-0.39, 0.29) is 12.7 Å². The van der Waals surface area contributed by atoms with Crippen LogP contribution in [-0.4, -0.2) is 45.2 Å². The Balaban J connectivity index is 0. The molecule has 0 spiro atoms. The lowest BCUT2D eigenvalue weighted by molar-refractivity contribution is -0.145. The van der Waals surface area contributed by atoms with E-state index in [1.165, 1.54) is 6.92 Å². The highest BCUT2D eigenvalue weighted by atomic mass is 16.4. The number of aliphatic carboxylic acids is 1. The minimum atomic E-state index is -1.23. The molecule has 0 aromatic heterocycles. The van der Waals surface area contributed by atoms with Gasteiger partial charge in [0.15, 0.2) is 0 Å². The molecule has 5 heteroatoms. The van der Waals surface area contributed by atoms with Crippen LogP contribution in [0.25, 0.3) is 0 Å². The summed E-state index contributed by atoms with van der Waals surface area (Å²) in [6.07, 6.45) is 1.29. The minimum Gasteiger partial charge on any atom is -0.479 e. The van der Waals surface area contributed by atoms with Crippen LogP contribution in [0.2, 0.25) is 0 Å². The van der Waals surface area contributed by atoms with E-state index in [2.05, 4.69) is 6.92 Å². The fourth-order valence-electron chi connectivity index (χ4n) is 0.901. The van der Waals surface area contributed by atoms with Crippen molar-refractivity contribution < 1.29 is 25.2 Å². The second kappa shape index (κ2) is 10.9. The summed E-state index contributed by atoms with van der Waals surface area (Å²) in [7, 11) is 0. The number of aliphatic hydroxyl groups excluding tert-OH is 3. The Morgan fingerprint density at radius 2 is 1.62 bits per heavy atom. The molecule has 98 valence electrons. The zero-order valence-corrected chi connectivity index (χ0v) is 10.3. The van der Waals surface area contributed by atoms with Gasteiger partial charge in [0, 0.05) is 6.61 Å². The summed E-state index contributed by atoms with van der Waals surface area (Å²) in [5.41, 5.74) is 0. The lowest BCUT2D eigenvalue weighted by Crippen LogP contribution is -2.13. The van der Waals surface area contributed by atoms with Crippen LogP contribution in [0.1, 0.15) is 40.0 Å². The SMILES string of the molecule is CC(O)C(=O)O.CCC(CO)CCC(C)O. The summed E-state index contributed by atoms with van der Waals surface area (Å²) in [5.74, 6) is -0.801. The van der Waals surface area contributed by atoms with Crippen molar-refractivity contribution in [2.75, 3.05) is 6.61 Å². The van der Waals surface area contributed by atoms with Gasteiger partial charge in [-0.05, 0) is 32.6 Å². The van der Waals surface area contributed by atoms with Crippen LogP contribution in [-0.2, 0) is 4.79 Å². The molecule has 0 aromatic rings. The molecular weight excluding hydrogens is 212 g/mol. The first kappa shape index (κ1) is 17.7. The van der Waals surface area contributed by atoms with Gasteiger partial charge in [0.1, 0.15) is 6.10 Å². The molecule has 0 heterocycles. The van der Waals surface area contributed by atoms with Crippen molar-refractivity contribution in [3.05, 3.63) is 0 Å². The molecule has 3 unspecified atom stereocenters. The normalized spacial score (nSPS) is 15.6. The molecule has 0 rings (SSSR count). The molecule has 0 amide bonds. The topological polar surface area (TPSA) is 98.0 Å². The number of carbonyl (C=O) groups is 1. The van der Waals surface area contributed by atoms with E-state index < -0.39 is 12.1 Å². The Kier molecular flexibility index (Phi) is 12.0. The van der Waals surface area contributed by atoms with Crippen molar-refractivity contribution in [3.63, 3.8) is 0 Å². The van der Waals surface area contributed by atoms with Gasteiger partial charge in [-0.1, -0.05) is 13.3 Å². The van der Waals surface area contributed by atoms with Crippen molar-refractivity contribution in [3.8, 4) is 0 Å². The summed E-state index contributed by atoms with van der Waals surface area (Å²) in [5, 5.41) is 33.4. The van der Waals surface area contributed by atoms with Gasteiger partial charge in [0.2, 0.25) is 0 Å². The second-order valence-corrected chi connectivity index (χ2v) is 3.90. The smallest absolute Gasteiger partial charge is 0.332 e. The third kappa shape index (κ3) is 13.4. The molecule has 0 fully saturated rings. The van der Waals surface area contributed by atoms with Crippen LogP contribution in [0.5, 0.6) is 0 Å². The second-order valence-electron chi connectivity index (χ2n) is 3.90. The summed E-state index contributed by atoms with van der Waals surface area (Å²) < 4.78 is 0. The lowest BCUT2D eigenvalue weighted by atomic mass is 10.00. The van der Waals surface area contributed by atoms with Crippen LogP contribution >= 0.6 is 0 Å². The number of aliphatic hydroxyl groups is 3. The van der Waals surface area contributed by atoms with Gasteiger partial charge in [-0.3, -0.25) is 0 Å². The van der Waals surface area contributed by atoms with E-state index in [0.29, 0.717) is 5.92 Å². The average Bonchev–Trinajstić information content (AvgIpc) is 2.19. The molecule has 0 aliphatic carbocycles. The van der Waals surface area contributed by atoms with E-state index >= 15 is 0 Å². The van der Waals surface area contributed by atoms with E-state index in [1.807, 2.05) is 0 Å². The molecule has 0 aliphatic heterocycles. The van der Waals surface area contributed by atoms with Crippen molar-refractivity contribution >= 4 is 5.97 Å². The van der Waals surface area contributed by atoms with Gasteiger partial charge in [-0.25, -0.2) is 4.79 Å². The van der Waals surface area contributed by atoms with E-state index in [0.717, 1.165) is 19.3 Å². The van der Waals surface area contributed by atoms with Gasteiger partial charge >= 0.3 is 5.97 Å². The maximum absolute atomic E-state index is 9.45. The van der Waals surface area contributed by atoms with Gasteiger partial charge in [-0.2, -0.15) is 0 Å². The fraction of sp³-hybridized carbons (Fsp3) is 0.909. The predicted molar refractivity (Wildman–Crippen MR) is 61.1 cm³/mol. The molecule has 0 bridgehead atoms. The summed E-state index contributed by atoms with van der Waals surface area (Å²) in [6, 6.07) is 0. The van der Waals surface area contributed by atoms with Crippen LogP contribution < -0.4 is 0 Å². The quantitative estimate of drug-likeness (QED) is 0.542. The Morgan fingerprint density at radius 3 is 1.81 bits per heavy atom. The number of rotatable bonds is 6. The highest BCUT2D eigenvalue weighted by molar-refractivity contribution is 5.71. The Bertz CT molecular complexity index is 164. The Labute approximate surface area is 96.7 Å². The molecule has 4 N–H and O–H groups in total. The molecule has 0 aromatic carbocycles. The first-order valence-corrected chi connectivity index (χ1v) is 5.54. The standard InChI is InChI=1S/C8H18O2.C3H6O3/c1-3-8(6-9)5-4-7(2)10;1-2(4)3(5)6/h7-10H,3-6H2,1-2H3;2,4H,1H3,(H,5,6). The maximum atomic E-state index is 9.45. The van der Waals surface area contributed by atoms with E-state index in [9.17, 15) is 4.79 Å². The molecule has 0 saturated heterocycles. The highest BCUT2D eigenvalue weighted by Gasteiger charge is 2.05. The van der Waals surface area contributed by atoms with Crippen LogP contribution in [0.15, 0.2) is 0 Å². The number of carboxylic acid groups (broad SMARTS) is 1. The third-order valence-corrected chi connectivity index (χ3v) is 2.19. The van der Waals surface area contributed by atoms with Gasteiger partial charge in [-0.15, -0.1) is 0 Å². The third-order valence-electron chi connectivity index (χ3n) is 2.19. The average molecular weight is 236 g/mol. The highest BCUT2D eigenvalue weighted by Crippen LogP contribution is 2.10. The van der Waals surface area contributed by atoms with Gasteiger partial charge in [0.05, 0.1) is 6.10 Å². The molecule has 0 saturated carbocycles. The molecule has 3 atom stereocenters. The zero-order chi connectivity index (χ0) is 13.1. The Morgan fingerprint density at radius 1 is 1.19 bits per heavy atom. The van der Waals surface area contributed by atoms with E-state index in [4.69, 9.17) is 20.4 Å². The zero-order valence-electron chi connectivity index (χ0n) is 10.3. The Hall–Kier alpha value is -0.650. The van der Waals surface area contributed by atoms with Crippen LogP contribution in [0, 0.1) is 5.92 Å². The van der Waals surface area contributed by atoms with Gasteiger partial charge < -0.3 is 20.4 Å². The minimum absolute atomic E-state index is 0.222. The predicted octanol–water partition coefficient (Wildman–Crippen LogP) is 0.618. The molecular formula is C11H24O5. The summed E-state index contributed by atoms with van der Waals surface area (Å²) >= 11 is 0. The van der Waals surface area contributed by atoms with Crippen LogP contribution in [0.4, 0.5) is 0 Å². The van der Waals surface area contributed by atoms with Crippen LogP contribution in [0.3, 0.4) is 0 Å². The maximum Gasteiger partial charge on any atom is 0.332 e. The first-order chi connectivity index (χ1) is 7.34. The number of hydrogen-bond donors (Lipinski definition) is 4. The number of carboxylic acids is 1. The van der Waals surface area contributed by atoms with Crippen molar-refractivity contribution in [1.29, 1.82) is 0 Å². The monoisotopic (exact) mass is 236 g/mol. The fourth-order valence-corrected chi connectivity index (χ4v) is 0.901. The van der Waals surface area contributed by atoms with E-state index in [1.54, 1.807) is 6.92 Å². The number of hydrogen-bond acceptors (Lipinski definition) is 4. The summed E-state index contributed by atoms with van der Waals surface area (Å²) in [4.78, 5) is 9.45. The largest absolute Gasteiger partial charge is 0.479 e. The van der Waals surface area contributed by atoms with Gasteiger partial charge in [0.25, 0.3) is 0 Å². The first-order valence-electron chi connectivity index (χ1n) is 5.54. The summed E-state index contributed by atoms with van der Waals surface area (Å²) in [6.45, 7) is 5.29. The van der Waals surface area contributed by atoms with Crippen molar-refractivity contribution in [2.24, 2.45) is 5.92 Å². The van der Waals surface area contributed by atoms with Crippen molar-refractivity contribution in [1.82, 2.24) is 0 Å². The van der Waals surface area contributed by atoms with Crippen molar-refractivity contribution in [2.45, 2.75) is 52.2 Å².